The van der Waals surface area contributed by atoms with Gasteiger partial charge in [0.25, 0.3) is 5.56 Å². The second kappa shape index (κ2) is 6.15. The Bertz CT molecular complexity index is 736. The molecule has 1 aliphatic carbocycles. The van der Waals surface area contributed by atoms with Gasteiger partial charge in [0.2, 0.25) is 12.2 Å². The molecule has 0 fully saturated rings. The van der Waals surface area contributed by atoms with Crippen LogP contribution in [-0.2, 0) is 4.79 Å². The smallest absolute Gasteiger partial charge is 0.278 e. The van der Waals surface area contributed by atoms with Gasteiger partial charge in [-0.3, -0.25) is 14.6 Å². The number of fused-ring (bicyclic) bond motifs is 1. The number of likely N-dealkylation sites (N-methyl/N-ethyl adjacent to an activating group) is 1. The lowest BCUT2D eigenvalue weighted by atomic mass is 9.94. The first-order valence-electron chi connectivity index (χ1n) is 7.48. The molecule has 3 rings (SSSR count). The Morgan fingerprint density at radius 3 is 3.09 bits per heavy atom. The van der Waals surface area contributed by atoms with Gasteiger partial charge in [-0.05, 0) is 19.3 Å². The van der Waals surface area contributed by atoms with Gasteiger partial charge in [-0.1, -0.05) is 6.08 Å². The molecule has 0 aromatic carbocycles. The van der Waals surface area contributed by atoms with Gasteiger partial charge < -0.3 is 21.3 Å². The maximum atomic E-state index is 12.1. The molecule has 8 heteroatoms. The average molecular weight is 315 g/mol. The molecule has 5 N–H and O–H groups in total. The molecule has 2 heterocycles. The summed E-state index contributed by atoms with van der Waals surface area (Å²) in [6.07, 6.45) is 8.27. The minimum atomic E-state index is -0.283. The lowest BCUT2D eigenvalue weighted by Gasteiger charge is -2.29. The number of aromatic amines is 1. The van der Waals surface area contributed by atoms with Crippen LogP contribution in [0.5, 0.6) is 0 Å². The van der Waals surface area contributed by atoms with Crippen LogP contribution in [0.25, 0.3) is 0 Å². The summed E-state index contributed by atoms with van der Waals surface area (Å²) >= 11 is 0. The van der Waals surface area contributed by atoms with E-state index in [0.717, 1.165) is 30.7 Å². The molecule has 2 aliphatic rings. The number of nitrogens with zero attached hydrogens (tertiary/aromatic N) is 2. The Morgan fingerprint density at radius 2 is 2.39 bits per heavy atom. The quantitative estimate of drug-likeness (QED) is 0.637. The van der Waals surface area contributed by atoms with Crippen LogP contribution < -0.4 is 26.8 Å². The molecule has 0 spiro atoms. The van der Waals surface area contributed by atoms with E-state index in [-0.39, 0.29) is 17.4 Å². The third kappa shape index (κ3) is 3.05. The van der Waals surface area contributed by atoms with Crippen LogP contribution in [0.3, 0.4) is 0 Å². The summed E-state index contributed by atoms with van der Waals surface area (Å²) < 4.78 is 0. The Kier molecular flexibility index (Phi) is 4.05. The molecule has 1 aromatic rings. The first-order chi connectivity index (χ1) is 11.1. The predicted octanol–water partition coefficient (Wildman–Crippen LogP) is 0.438. The van der Waals surface area contributed by atoms with Gasteiger partial charge in [0.15, 0.2) is 11.5 Å². The zero-order valence-electron chi connectivity index (χ0n) is 12.8. The summed E-state index contributed by atoms with van der Waals surface area (Å²) in [5.74, 6) is 0.540. The number of carbonyl (C=O) groups excluding carboxylic acids is 1. The van der Waals surface area contributed by atoms with E-state index < -0.39 is 0 Å². The molecule has 0 amide bonds. The molecule has 121 valence electrons. The molecule has 1 atom stereocenters. The molecule has 1 aromatic heterocycles. The fourth-order valence-electron chi connectivity index (χ4n) is 2.76. The zero-order chi connectivity index (χ0) is 16.4. The van der Waals surface area contributed by atoms with E-state index in [4.69, 9.17) is 5.73 Å². The summed E-state index contributed by atoms with van der Waals surface area (Å²) in [4.78, 5) is 31.1. The molecular weight excluding hydrogens is 296 g/mol. The fourth-order valence-corrected chi connectivity index (χ4v) is 2.76. The van der Waals surface area contributed by atoms with Crippen molar-refractivity contribution < 1.29 is 4.79 Å². The van der Waals surface area contributed by atoms with Gasteiger partial charge in [-0.25, -0.2) is 0 Å². The standard InChI is InChI=1S/C15H19N6O2/c1-21-11(6-17-10-4-2-9(8-22)3-5-10)7-18-13-12(21)14(23)20-15(16)19-13/h4,7,9,17H,2-3,5-6H2,1H3,(H4,16,18,19,20,23). The monoisotopic (exact) mass is 315 g/mol. The molecule has 1 radical (unpaired) electrons. The van der Waals surface area contributed by atoms with Gasteiger partial charge in [0, 0.05) is 24.9 Å². The lowest BCUT2D eigenvalue weighted by molar-refractivity contribution is 0.493. The van der Waals surface area contributed by atoms with E-state index in [1.165, 1.54) is 0 Å². The maximum Gasteiger partial charge on any atom is 0.278 e. The second-order valence-electron chi connectivity index (χ2n) is 5.66. The Balaban J connectivity index is 1.69. The fraction of sp³-hybridized carbons (Fsp3) is 0.400. The summed E-state index contributed by atoms with van der Waals surface area (Å²) in [6, 6.07) is 0. The van der Waals surface area contributed by atoms with Gasteiger partial charge in [-0.15, -0.1) is 0 Å². The SMILES string of the molecule is CN1C(CNC2=CCC([C]=O)CC2)=CNc2nc(N)[nH]c(=O)c21. The molecule has 8 nitrogen and oxygen atoms in total. The second-order valence-corrected chi connectivity index (χ2v) is 5.66. The number of rotatable bonds is 4. The largest absolute Gasteiger partial charge is 0.383 e. The van der Waals surface area contributed by atoms with Crippen molar-refractivity contribution in [1.29, 1.82) is 0 Å². The zero-order valence-corrected chi connectivity index (χ0v) is 12.8. The average Bonchev–Trinajstić information content (AvgIpc) is 2.54. The van der Waals surface area contributed by atoms with Crippen molar-refractivity contribution in [2.75, 3.05) is 29.5 Å². The molecule has 0 saturated carbocycles. The Labute approximate surface area is 133 Å². The Hall–Kier alpha value is -2.77. The number of nitrogens with two attached hydrogens (primary N) is 1. The summed E-state index contributed by atoms with van der Waals surface area (Å²) in [5.41, 5.74) is 7.72. The van der Waals surface area contributed by atoms with Crippen molar-refractivity contribution in [3.63, 3.8) is 0 Å². The lowest BCUT2D eigenvalue weighted by Crippen LogP contribution is -2.35. The predicted molar refractivity (Wildman–Crippen MR) is 88.5 cm³/mol. The highest BCUT2D eigenvalue weighted by atomic mass is 16.1. The molecular formula is C15H19N6O2. The van der Waals surface area contributed by atoms with Crippen LogP contribution in [0.15, 0.2) is 28.5 Å². The number of H-pyrrole nitrogens is 1. The van der Waals surface area contributed by atoms with E-state index in [1.54, 1.807) is 11.1 Å². The van der Waals surface area contributed by atoms with Gasteiger partial charge in [-0.2, -0.15) is 4.98 Å². The minimum Gasteiger partial charge on any atom is -0.383 e. The summed E-state index contributed by atoms with van der Waals surface area (Å²) in [6.45, 7) is 0.564. The number of hydrogen-bond acceptors (Lipinski definition) is 7. The van der Waals surface area contributed by atoms with Crippen LogP contribution in [0.2, 0.25) is 0 Å². The summed E-state index contributed by atoms with van der Waals surface area (Å²) in [5, 5.41) is 6.36. The van der Waals surface area contributed by atoms with Crippen LogP contribution in [0.1, 0.15) is 19.3 Å². The third-order valence-corrected chi connectivity index (χ3v) is 4.13. The molecule has 1 aliphatic heterocycles. The number of nitrogens with one attached hydrogen (secondary N) is 3. The van der Waals surface area contributed by atoms with Crippen molar-refractivity contribution in [2.24, 2.45) is 5.92 Å². The first-order valence-corrected chi connectivity index (χ1v) is 7.48. The van der Waals surface area contributed by atoms with Crippen molar-refractivity contribution in [3.05, 3.63) is 34.0 Å². The number of anilines is 3. The maximum absolute atomic E-state index is 12.1. The molecule has 1 unspecified atom stereocenters. The molecule has 0 bridgehead atoms. The number of aromatic nitrogens is 2. The van der Waals surface area contributed by atoms with Crippen molar-refractivity contribution in [1.82, 2.24) is 15.3 Å². The van der Waals surface area contributed by atoms with Gasteiger partial charge in [0.05, 0.1) is 12.2 Å². The third-order valence-electron chi connectivity index (χ3n) is 4.13. The van der Waals surface area contributed by atoms with Crippen LogP contribution in [0, 0.1) is 5.92 Å². The van der Waals surface area contributed by atoms with Crippen LogP contribution in [0.4, 0.5) is 17.5 Å². The molecule has 23 heavy (non-hydrogen) atoms. The highest BCUT2D eigenvalue weighted by Gasteiger charge is 2.22. The first kappa shape index (κ1) is 15.1. The van der Waals surface area contributed by atoms with Crippen molar-refractivity contribution in [2.45, 2.75) is 19.3 Å². The van der Waals surface area contributed by atoms with Gasteiger partial charge in [0.1, 0.15) is 0 Å². The van der Waals surface area contributed by atoms with Gasteiger partial charge >= 0.3 is 0 Å². The minimum absolute atomic E-state index is 0.0146. The van der Waals surface area contributed by atoms with Crippen molar-refractivity contribution >= 4 is 23.7 Å². The number of allylic oxidation sites excluding steroid dienone is 2. The van der Waals surface area contributed by atoms with Crippen LogP contribution in [-0.4, -0.2) is 29.8 Å². The van der Waals surface area contributed by atoms with E-state index >= 15 is 0 Å². The highest BCUT2D eigenvalue weighted by Crippen LogP contribution is 2.26. The van der Waals surface area contributed by atoms with Crippen LogP contribution >= 0.6 is 0 Å². The topological polar surface area (TPSA) is 116 Å². The van der Waals surface area contributed by atoms with E-state index in [1.807, 2.05) is 13.1 Å². The molecule has 0 saturated heterocycles. The van der Waals surface area contributed by atoms with Crippen molar-refractivity contribution in [3.8, 4) is 0 Å². The Morgan fingerprint density at radius 1 is 1.57 bits per heavy atom. The van der Waals surface area contributed by atoms with E-state index in [0.29, 0.717) is 18.1 Å². The summed E-state index contributed by atoms with van der Waals surface area (Å²) in [7, 11) is 1.81. The normalized spacial score (nSPS) is 20.0. The van der Waals surface area contributed by atoms with E-state index in [9.17, 15) is 9.59 Å². The highest BCUT2D eigenvalue weighted by molar-refractivity contribution is 5.72. The number of nitrogen functional groups attached to an aromatic ring is 1. The van der Waals surface area contributed by atoms with E-state index in [2.05, 4.69) is 26.9 Å². The number of hydrogen-bond donors (Lipinski definition) is 4.